The summed E-state index contributed by atoms with van der Waals surface area (Å²) in [7, 11) is 0. The molecular formula is C38H27N3. The van der Waals surface area contributed by atoms with Crippen LogP contribution < -0.4 is 4.90 Å². The maximum atomic E-state index is 9.95. The molecule has 0 saturated carbocycles. The molecule has 0 spiro atoms. The maximum absolute atomic E-state index is 9.95. The highest BCUT2D eigenvalue weighted by molar-refractivity contribution is 6.16. The van der Waals surface area contributed by atoms with Crippen LogP contribution in [0.1, 0.15) is 33.4 Å². The van der Waals surface area contributed by atoms with Crippen LogP contribution in [0.25, 0.3) is 33.7 Å². The van der Waals surface area contributed by atoms with Crippen LogP contribution in [-0.4, -0.2) is 0 Å². The normalized spacial score (nSPS) is 11.0. The molecule has 0 aliphatic rings. The highest BCUT2D eigenvalue weighted by Gasteiger charge is 2.16. The average molecular weight is 526 g/mol. The summed E-state index contributed by atoms with van der Waals surface area (Å²) in [6, 6.07) is 44.0. The van der Waals surface area contributed by atoms with Gasteiger partial charge in [-0.3, -0.25) is 0 Å². The van der Waals surface area contributed by atoms with Crippen molar-refractivity contribution in [2.45, 2.75) is 13.8 Å². The first kappa shape index (κ1) is 25.6. The lowest BCUT2D eigenvalue weighted by molar-refractivity contribution is 1.27. The van der Waals surface area contributed by atoms with Crippen LogP contribution >= 0.6 is 0 Å². The van der Waals surface area contributed by atoms with Crippen molar-refractivity contribution in [2.24, 2.45) is 0 Å². The minimum absolute atomic E-state index is 0.424. The Hall–Kier alpha value is -5.64. The van der Waals surface area contributed by atoms with Gasteiger partial charge in [0, 0.05) is 27.8 Å². The van der Waals surface area contributed by atoms with Crippen molar-refractivity contribution >= 4 is 50.8 Å². The number of nitriles is 2. The second-order valence-corrected chi connectivity index (χ2v) is 10.2. The van der Waals surface area contributed by atoms with Crippen molar-refractivity contribution in [1.82, 2.24) is 0 Å². The Morgan fingerprint density at radius 1 is 0.512 bits per heavy atom. The van der Waals surface area contributed by atoms with E-state index >= 15 is 0 Å². The predicted molar refractivity (Wildman–Crippen MR) is 170 cm³/mol. The van der Waals surface area contributed by atoms with E-state index in [9.17, 15) is 10.5 Å². The van der Waals surface area contributed by atoms with E-state index in [0.717, 1.165) is 49.7 Å². The smallest absolute Gasteiger partial charge is 0.101 e. The monoisotopic (exact) mass is 525 g/mol. The first-order valence-electron chi connectivity index (χ1n) is 13.6. The Bertz CT molecular complexity index is 1960. The molecule has 0 heterocycles. The Morgan fingerprint density at radius 2 is 1.00 bits per heavy atom. The van der Waals surface area contributed by atoms with Crippen LogP contribution in [0.3, 0.4) is 0 Å². The van der Waals surface area contributed by atoms with Gasteiger partial charge in [0.05, 0.1) is 11.1 Å². The summed E-state index contributed by atoms with van der Waals surface area (Å²) in [5.74, 6) is 0. The molecular weight excluding hydrogens is 498 g/mol. The molecule has 3 nitrogen and oxygen atoms in total. The quantitative estimate of drug-likeness (QED) is 0.166. The maximum Gasteiger partial charge on any atom is 0.101 e. The molecule has 0 fully saturated rings. The number of fused-ring (bicyclic) bond motifs is 3. The Kier molecular flexibility index (Phi) is 6.78. The topological polar surface area (TPSA) is 50.8 Å². The largest absolute Gasteiger partial charge is 0.311 e. The lowest BCUT2D eigenvalue weighted by atomic mass is 9.90. The molecule has 0 N–H and O–H groups in total. The standard InChI is InChI=1S/C38H27N3/c1-26-10-18-30(19-11-26)41(31-20-12-27(2)13-21-31)32-22-15-28(16-23-32)14-17-29-6-5-9-35-37(25-40)36(24-39)33-7-3-4-8-34(33)38(29)35/h3-23H,1-2H3/b17-14-. The second kappa shape index (κ2) is 10.9. The van der Waals surface area contributed by atoms with Gasteiger partial charge in [0.2, 0.25) is 0 Å². The minimum atomic E-state index is 0.424. The number of nitrogens with zero attached hydrogens (tertiary/aromatic N) is 3. The molecule has 0 saturated heterocycles. The average Bonchev–Trinajstić information content (AvgIpc) is 3.01. The number of hydrogen-bond acceptors (Lipinski definition) is 3. The highest BCUT2D eigenvalue weighted by Crippen LogP contribution is 2.37. The predicted octanol–water partition coefficient (Wildman–Crippen LogP) is 9.99. The molecule has 0 bridgehead atoms. The van der Waals surface area contributed by atoms with Gasteiger partial charge in [-0.2, -0.15) is 10.5 Å². The van der Waals surface area contributed by atoms with E-state index in [2.05, 4.69) is 122 Å². The molecule has 0 unspecified atom stereocenters. The van der Waals surface area contributed by atoms with Gasteiger partial charge in [0.1, 0.15) is 12.1 Å². The van der Waals surface area contributed by atoms with Crippen LogP contribution in [0, 0.1) is 36.5 Å². The molecule has 6 aromatic carbocycles. The fourth-order valence-electron chi connectivity index (χ4n) is 5.39. The Morgan fingerprint density at radius 3 is 1.56 bits per heavy atom. The van der Waals surface area contributed by atoms with Crippen molar-refractivity contribution in [2.75, 3.05) is 4.90 Å². The van der Waals surface area contributed by atoms with E-state index in [4.69, 9.17) is 0 Å². The number of aryl methyl sites for hydroxylation is 2. The van der Waals surface area contributed by atoms with E-state index in [1.807, 2.05) is 36.4 Å². The molecule has 6 rings (SSSR count). The zero-order valence-corrected chi connectivity index (χ0v) is 23.0. The van der Waals surface area contributed by atoms with Crippen molar-refractivity contribution in [3.8, 4) is 12.1 Å². The lowest BCUT2D eigenvalue weighted by Crippen LogP contribution is -2.09. The third kappa shape index (κ3) is 4.82. The molecule has 0 aliphatic heterocycles. The third-order valence-electron chi connectivity index (χ3n) is 7.50. The van der Waals surface area contributed by atoms with E-state index in [1.165, 1.54) is 11.1 Å². The van der Waals surface area contributed by atoms with Gasteiger partial charge >= 0.3 is 0 Å². The zero-order chi connectivity index (χ0) is 28.3. The molecule has 0 radical (unpaired) electrons. The molecule has 0 amide bonds. The molecule has 6 aromatic rings. The van der Waals surface area contributed by atoms with Crippen LogP contribution in [0.2, 0.25) is 0 Å². The summed E-state index contributed by atoms with van der Waals surface area (Å²) in [5.41, 5.74) is 8.67. The van der Waals surface area contributed by atoms with E-state index in [0.29, 0.717) is 11.1 Å². The van der Waals surface area contributed by atoms with Crippen molar-refractivity contribution in [3.05, 3.63) is 149 Å². The zero-order valence-electron chi connectivity index (χ0n) is 23.0. The molecule has 0 aromatic heterocycles. The lowest BCUT2D eigenvalue weighted by Gasteiger charge is -2.25. The summed E-state index contributed by atoms with van der Waals surface area (Å²) in [5, 5.41) is 23.3. The summed E-state index contributed by atoms with van der Waals surface area (Å²) in [4.78, 5) is 2.26. The van der Waals surface area contributed by atoms with Gasteiger partial charge in [-0.1, -0.05) is 102 Å². The summed E-state index contributed by atoms with van der Waals surface area (Å²) in [6.07, 6.45) is 4.19. The first-order valence-corrected chi connectivity index (χ1v) is 13.6. The van der Waals surface area contributed by atoms with Crippen LogP contribution in [0.5, 0.6) is 0 Å². The Labute approximate surface area is 240 Å². The fraction of sp³-hybridized carbons (Fsp3) is 0.0526. The molecule has 41 heavy (non-hydrogen) atoms. The summed E-state index contributed by atoms with van der Waals surface area (Å²) < 4.78 is 0. The number of hydrogen-bond donors (Lipinski definition) is 0. The minimum Gasteiger partial charge on any atom is -0.311 e. The number of benzene rings is 6. The number of rotatable bonds is 5. The van der Waals surface area contributed by atoms with Gasteiger partial charge in [-0.15, -0.1) is 0 Å². The van der Waals surface area contributed by atoms with Crippen LogP contribution in [-0.2, 0) is 0 Å². The summed E-state index contributed by atoms with van der Waals surface area (Å²) in [6.45, 7) is 4.20. The molecule has 0 aliphatic carbocycles. The first-order chi connectivity index (χ1) is 20.1. The van der Waals surface area contributed by atoms with Gasteiger partial charge in [0.15, 0.2) is 0 Å². The number of anilines is 3. The van der Waals surface area contributed by atoms with E-state index in [1.54, 1.807) is 0 Å². The fourth-order valence-corrected chi connectivity index (χ4v) is 5.39. The third-order valence-corrected chi connectivity index (χ3v) is 7.50. The highest BCUT2D eigenvalue weighted by atomic mass is 15.1. The van der Waals surface area contributed by atoms with Crippen molar-refractivity contribution in [1.29, 1.82) is 10.5 Å². The van der Waals surface area contributed by atoms with Crippen molar-refractivity contribution < 1.29 is 0 Å². The summed E-state index contributed by atoms with van der Waals surface area (Å²) >= 11 is 0. The van der Waals surface area contributed by atoms with Gasteiger partial charge in [-0.05, 0) is 72.1 Å². The van der Waals surface area contributed by atoms with Gasteiger partial charge in [0.25, 0.3) is 0 Å². The van der Waals surface area contributed by atoms with Gasteiger partial charge < -0.3 is 4.90 Å². The Balaban J connectivity index is 1.40. The van der Waals surface area contributed by atoms with E-state index < -0.39 is 0 Å². The van der Waals surface area contributed by atoms with Crippen LogP contribution in [0.4, 0.5) is 17.1 Å². The van der Waals surface area contributed by atoms with E-state index in [-0.39, 0.29) is 0 Å². The molecule has 0 atom stereocenters. The molecule has 194 valence electrons. The van der Waals surface area contributed by atoms with Crippen LogP contribution in [0.15, 0.2) is 115 Å². The molecule has 3 heteroatoms. The van der Waals surface area contributed by atoms with Gasteiger partial charge in [-0.25, -0.2) is 0 Å². The second-order valence-electron chi connectivity index (χ2n) is 10.2. The SMILES string of the molecule is Cc1ccc(N(c2ccc(C)cc2)c2ccc(/C=C\c3cccc4c(C#N)c(C#N)c5ccccc5c34)cc2)cc1. The van der Waals surface area contributed by atoms with Crippen molar-refractivity contribution in [3.63, 3.8) is 0 Å².